The van der Waals surface area contributed by atoms with Crippen molar-refractivity contribution in [3.8, 4) is 10.6 Å². The van der Waals surface area contributed by atoms with Gasteiger partial charge in [-0.3, -0.25) is 0 Å². The molecule has 0 unspecified atom stereocenters. The highest BCUT2D eigenvalue weighted by Crippen LogP contribution is 2.28. The first-order valence-corrected chi connectivity index (χ1v) is 5.41. The fraction of sp³-hybridized carbons (Fsp3) is 0.273. The van der Waals surface area contributed by atoms with Gasteiger partial charge in [-0.05, 0) is 31.9 Å². The van der Waals surface area contributed by atoms with Gasteiger partial charge in [0.1, 0.15) is 10.5 Å². The van der Waals surface area contributed by atoms with Crippen molar-refractivity contribution in [2.75, 3.05) is 0 Å². The Kier molecular flexibility index (Phi) is 5.94. The number of hydrogen-bond acceptors (Lipinski definition) is 3. The molecule has 0 atom stereocenters. The number of halogens is 2. The van der Waals surface area contributed by atoms with E-state index in [0.29, 0.717) is 0 Å². The Morgan fingerprint density at radius 3 is 2.00 bits per heavy atom. The monoisotopic (exact) mass is 276 g/mol. The van der Waals surface area contributed by atoms with Gasteiger partial charge in [0.2, 0.25) is 0 Å². The second kappa shape index (κ2) is 6.18. The molecule has 0 saturated heterocycles. The van der Waals surface area contributed by atoms with Crippen LogP contribution in [0.15, 0.2) is 17.6 Å². The molecule has 88 valence electrons. The predicted molar refractivity (Wildman–Crippen MR) is 74.1 cm³/mol. The predicted octanol–water partition coefficient (Wildman–Crippen LogP) is 3.97. The Morgan fingerprint density at radius 1 is 1.00 bits per heavy atom. The smallest absolute Gasteiger partial charge is 0.147 e. The van der Waals surface area contributed by atoms with E-state index in [0.717, 1.165) is 5.01 Å². The first kappa shape index (κ1) is 15.4. The lowest BCUT2D eigenvalue weighted by Crippen LogP contribution is -1.89. The molecule has 0 amide bonds. The van der Waals surface area contributed by atoms with Crippen molar-refractivity contribution in [1.29, 1.82) is 0 Å². The minimum atomic E-state index is 0. The maximum absolute atomic E-state index is 4.11. The zero-order chi connectivity index (χ0) is 10.1. The van der Waals surface area contributed by atoms with Gasteiger partial charge in [0.15, 0.2) is 0 Å². The summed E-state index contributed by atoms with van der Waals surface area (Å²) in [5.74, 6) is 0. The number of aromatic nitrogens is 2. The van der Waals surface area contributed by atoms with E-state index in [2.05, 4.69) is 43.1 Å². The van der Waals surface area contributed by atoms with Crippen molar-refractivity contribution >= 4 is 36.2 Å². The number of benzene rings is 1. The minimum Gasteiger partial charge on any atom is -0.147 e. The van der Waals surface area contributed by atoms with Gasteiger partial charge >= 0.3 is 0 Å². The summed E-state index contributed by atoms with van der Waals surface area (Å²) in [7, 11) is 0. The van der Waals surface area contributed by atoms with Gasteiger partial charge in [-0.1, -0.05) is 29.0 Å². The quantitative estimate of drug-likeness (QED) is 0.788. The van der Waals surface area contributed by atoms with Crippen LogP contribution in [0, 0.1) is 20.8 Å². The van der Waals surface area contributed by atoms with Crippen molar-refractivity contribution < 1.29 is 0 Å². The Balaban J connectivity index is 0.00000112. The average Bonchev–Trinajstić information content (AvgIpc) is 2.54. The fourth-order valence-electron chi connectivity index (χ4n) is 1.80. The Labute approximate surface area is 112 Å². The van der Waals surface area contributed by atoms with Gasteiger partial charge in [0.25, 0.3) is 0 Å². The summed E-state index contributed by atoms with van der Waals surface area (Å²) in [6, 6.07) is 4.37. The average molecular weight is 277 g/mol. The summed E-state index contributed by atoms with van der Waals surface area (Å²) in [5, 5.41) is 8.99. The van der Waals surface area contributed by atoms with Crippen LogP contribution in [0.4, 0.5) is 0 Å². The number of nitrogens with zero attached hydrogens (tertiary/aromatic N) is 2. The van der Waals surface area contributed by atoms with Crippen LogP contribution in [-0.2, 0) is 0 Å². The van der Waals surface area contributed by atoms with Crippen molar-refractivity contribution in [3.05, 3.63) is 34.3 Å². The molecule has 2 rings (SSSR count). The molecule has 1 heterocycles. The van der Waals surface area contributed by atoms with Gasteiger partial charge in [0, 0.05) is 5.56 Å². The molecule has 2 aromatic rings. The van der Waals surface area contributed by atoms with Crippen molar-refractivity contribution in [2.45, 2.75) is 20.8 Å². The minimum absolute atomic E-state index is 0. The van der Waals surface area contributed by atoms with Gasteiger partial charge in [-0.15, -0.1) is 35.0 Å². The van der Waals surface area contributed by atoms with Crippen molar-refractivity contribution in [3.63, 3.8) is 0 Å². The molecule has 0 radical (unpaired) electrons. The highest BCUT2D eigenvalue weighted by atomic mass is 35.5. The van der Waals surface area contributed by atoms with Gasteiger partial charge in [-0.2, -0.15) is 0 Å². The molecule has 0 saturated carbocycles. The molecular formula is C11H14Cl2N2S. The zero-order valence-corrected chi connectivity index (χ0v) is 11.8. The number of hydrogen-bond donors (Lipinski definition) is 0. The van der Waals surface area contributed by atoms with Crippen LogP contribution in [0.1, 0.15) is 16.7 Å². The van der Waals surface area contributed by atoms with E-state index in [-0.39, 0.29) is 24.8 Å². The number of aryl methyl sites for hydroxylation is 3. The van der Waals surface area contributed by atoms with Gasteiger partial charge in [0.05, 0.1) is 0 Å². The SMILES string of the molecule is Cc1cc(C)c(-c2nncs2)c(C)c1.Cl.Cl. The molecule has 1 aromatic heterocycles. The molecule has 0 aliphatic rings. The topological polar surface area (TPSA) is 25.8 Å². The lowest BCUT2D eigenvalue weighted by molar-refractivity contribution is 1.09. The largest absolute Gasteiger partial charge is 0.148 e. The molecule has 0 N–H and O–H groups in total. The molecule has 0 bridgehead atoms. The Hall–Kier alpha value is -0.640. The van der Waals surface area contributed by atoms with E-state index in [1.165, 1.54) is 22.3 Å². The second-order valence-corrected chi connectivity index (χ2v) is 4.35. The maximum Gasteiger partial charge on any atom is 0.148 e. The Bertz CT molecular complexity index is 432. The lowest BCUT2D eigenvalue weighted by Gasteiger charge is -2.07. The summed E-state index contributed by atoms with van der Waals surface area (Å²) in [5.41, 5.74) is 6.86. The van der Waals surface area contributed by atoms with E-state index >= 15 is 0 Å². The molecule has 5 heteroatoms. The van der Waals surface area contributed by atoms with Crippen LogP contribution in [0.5, 0.6) is 0 Å². The molecular weight excluding hydrogens is 263 g/mol. The van der Waals surface area contributed by atoms with Crippen LogP contribution < -0.4 is 0 Å². The highest BCUT2D eigenvalue weighted by Gasteiger charge is 2.08. The van der Waals surface area contributed by atoms with Crippen LogP contribution >= 0.6 is 36.2 Å². The maximum atomic E-state index is 4.11. The number of rotatable bonds is 1. The molecule has 0 fully saturated rings. The summed E-state index contributed by atoms with van der Waals surface area (Å²) in [6.45, 7) is 6.36. The first-order chi connectivity index (χ1) is 6.68. The van der Waals surface area contributed by atoms with Crippen LogP contribution in [0.25, 0.3) is 10.6 Å². The summed E-state index contributed by atoms with van der Waals surface area (Å²) < 4.78 is 0. The third-order valence-electron chi connectivity index (χ3n) is 2.25. The molecule has 0 aliphatic carbocycles. The standard InChI is InChI=1S/C11H12N2S.2ClH/c1-7-4-8(2)10(9(3)5-7)11-13-12-6-14-11;;/h4-6H,1-3H3;2*1H. The molecule has 1 aromatic carbocycles. The summed E-state index contributed by atoms with van der Waals surface area (Å²) in [6.07, 6.45) is 0. The first-order valence-electron chi connectivity index (χ1n) is 4.53. The van der Waals surface area contributed by atoms with Crippen LogP contribution in [0.2, 0.25) is 0 Å². The van der Waals surface area contributed by atoms with E-state index < -0.39 is 0 Å². The van der Waals surface area contributed by atoms with Crippen molar-refractivity contribution in [1.82, 2.24) is 10.2 Å². The second-order valence-electron chi connectivity index (χ2n) is 3.52. The molecule has 2 nitrogen and oxygen atoms in total. The molecule has 0 spiro atoms. The van der Waals surface area contributed by atoms with E-state index in [1.54, 1.807) is 16.8 Å². The fourth-order valence-corrected chi connectivity index (χ4v) is 2.53. The third-order valence-corrected chi connectivity index (χ3v) is 2.96. The summed E-state index contributed by atoms with van der Waals surface area (Å²) in [4.78, 5) is 0. The normalized spacial score (nSPS) is 9.19. The van der Waals surface area contributed by atoms with Gasteiger partial charge in [-0.25, -0.2) is 0 Å². The van der Waals surface area contributed by atoms with Crippen molar-refractivity contribution in [2.24, 2.45) is 0 Å². The van der Waals surface area contributed by atoms with Crippen LogP contribution in [-0.4, -0.2) is 10.2 Å². The highest BCUT2D eigenvalue weighted by molar-refractivity contribution is 7.12. The summed E-state index contributed by atoms with van der Waals surface area (Å²) >= 11 is 1.59. The zero-order valence-electron chi connectivity index (χ0n) is 9.35. The molecule has 0 aliphatic heterocycles. The van der Waals surface area contributed by atoms with E-state index in [1.807, 2.05) is 0 Å². The van der Waals surface area contributed by atoms with Crippen LogP contribution in [0.3, 0.4) is 0 Å². The Morgan fingerprint density at radius 2 is 1.56 bits per heavy atom. The van der Waals surface area contributed by atoms with Gasteiger partial charge < -0.3 is 0 Å². The third kappa shape index (κ3) is 2.94. The molecule has 16 heavy (non-hydrogen) atoms. The lowest BCUT2D eigenvalue weighted by atomic mass is 10.0. The van der Waals surface area contributed by atoms with E-state index in [9.17, 15) is 0 Å². The van der Waals surface area contributed by atoms with E-state index in [4.69, 9.17) is 0 Å².